The van der Waals surface area contributed by atoms with Crippen LogP contribution in [0, 0.1) is 0 Å². The normalized spacial score (nSPS) is 12.2. The number of methoxy groups -OCH3 is 2. The second kappa shape index (κ2) is 9.61. The Kier molecular flexibility index (Phi) is 6.91. The summed E-state index contributed by atoms with van der Waals surface area (Å²) >= 11 is 0. The number of likely N-dealkylation sites (N-methyl/N-ethyl adjacent to an activating group) is 1. The van der Waals surface area contributed by atoms with Crippen molar-refractivity contribution in [2.75, 3.05) is 27.3 Å². The van der Waals surface area contributed by atoms with Gasteiger partial charge in [0.15, 0.2) is 0 Å². The molecule has 0 unspecified atom stereocenters. The van der Waals surface area contributed by atoms with E-state index in [2.05, 4.69) is 9.88 Å². The first-order valence-corrected chi connectivity index (χ1v) is 10.2. The number of esters is 1. The zero-order chi connectivity index (χ0) is 22.5. The number of aromatic amines is 1. The van der Waals surface area contributed by atoms with Crippen LogP contribution in [0.5, 0.6) is 5.75 Å². The molecule has 3 aromatic rings. The van der Waals surface area contributed by atoms with Gasteiger partial charge in [-0.2, -0.15) is 0 Å². The van der Waals surface area contributed by atoms with Gasteiger partial charge in [-0.25, -0.2) is 9.59 Å². The highest BCUT2D eigenvalue weighted by Gasteiger charge is 2.22. The molecule has 8 nitrogen and oxygen atoms in total. The molecule has 1 heterocycles. The van der Waals surface area contributed by atoms with Crippen molar-refractivity contribution >= 4 is 16.9 Å². The van der Waals surface area contributed by atoms with Crippen LogP contribution in [0.2, 0.25) is 0 Å². The molecule has 1 atom stereocenters. The summed E-state index contributed by atoms with van der Waals surface area (Å²) in [4.78, 5) is 42.7. The molecular weight excluding hydrogens is 398 g/mol. The number of hydrogen-bond acceptors (Lipinski definition) is 6. The predicted molar refractivity (Wildman–Crippen MR) is 119 cm³/mol. The molecule has 2 aromatic carbocycles. The van der Waals surface area contributed by atoms with E-state index < -0.39 is 17.2 Å². The zero-order valence-electron chi connectivity index (χ0n) is 18.2. The van der Waals surface area contributed by atoms with Gasteiger partial charge in [-0.1, -0.05) is 26.0 Å². The number of carbonyl (C=O) groups is 1. The Labute approximate surface area is 180 Å². The summed E-state index contributed by atoms with van der Waals surface area (Å²) in [5, 5.41) is 0.330. The summed E-state index contributed by atoms with van der Waals surface area (Å²) < 4.78 is 11.3. The molecule has 0 saturated heterocycles. The summed E-state index contributed by atoms with van der Waals surface area (Å²) in [7, 11) is 2.88. The smallest absolute Gasteiger partial charge is 0.337 e. The Morgan fingerprint density at radius 2 is 1.84 bits per heavy atom. The predicted octanol–water partition coefficient (Wildman–Crippen LogP) is 2.57. The summed E-state index contributed by atoms with van der Waals surface area (Å²) in [6.07, 6.45) is 0. The molecule has 0 saturated carbocycles. The van der Waals surface area contributed by atoms with Gasteiger partial charge in [-0.05, 0) is 49.0 Å². The third-order valence-corrected chi connectivity index (χ3v) is 5.49. The summed E-state index contributed by atoms with van der Waals surface area (Å²) in [6, 6.07) is 12.0. The van der Waals surface area contributed by atoms with E-state index in [-0.39, 0.29) is 18.2 Å². The largest absolute Gasteiger partial charge is 0.497 e. The van der Waals surface area contributed by atoms with Gasteiger partial charge in [0.2, 0.25) is 0 Å². The van der Waals surface area contributed by atoms with Gasteiger partial charge < -0.3 is 14.5 Å². The van der Waals surface area contributed by atoms with Gasteiger partial charge in [0.05, 0.1) is 43.3 Å². The lowest BCUT2D eigenvalue weighted by molar-refractivity contribution is 0.0601. The molecule has 3 rings (SSSR count). The van der Waals surface area contributed by atoms with Crippen molar-refractivity contribution in [2.24, 2.45) is 0 Å². The molecule has 164 valence electrons. The van der Waals surface area contributed by atoms with E-state index in [9.17, 15) is 14.4 Å². The molecule has 31 heavy (non-hydrogen) atoms. The number of hydrogen-bond donors (Lipinski definition) is 1. The topological polar surface area (TPSA) is 93.6 Å². The van der Waals surface area contributed by atoms with Crippen molar-refractivity contribution < 1.29 is 14.3 Å². The van der Waals surface area contributed by atoms with Crippen molar-refractivity contribution in [1.82, 2.24) is 14.5 Å². The lowest BCUT2D eigenvalue weighted by atomic mass is 10.0. The van der Waals surface area contributed by atoms with Gasteiger partial charge in [0.1, 0.15) is 5.75 Å². The van der Waals surface area contributed by atoms with E-state index in [4.69, 9.17) is 9.47 Å². The average Bonchev–Trinajstić information content (AvgIpc) is 2.80. The Balaban J connectivity index is 2.10. The van der Waals surface area contributed by atoms with Crippen LogP contribution in [0.3, 0.4) is 0 Å². The fourth-order valence-corrected chi connectivity index (χ4v) is 3.78. The van der Waals surface area contributed by atoms with Crippen LogP contribution in [-0.2, 0) is 11.3 Å². The lowest BCUT2D eigenvalue weighted by Crippen LogP contribution is -2.41. The highest BCUT2D eigenvalue weighted by atomic mass is 16.5. The second-order valence-electron chi connectivity index (χ2n) is 7.11. The van der Waals surface area contributed by atoms with Gasteiger partial charge in [-0.3, -0.25) is 14.3 Å². The molecule has 0 aliphatic heterocycles. The van der Waals surface area contributed by atoms with E-state index in [0.717, 1.165) is 18.7 Å². The second-order valence-corrected chi connectivity index (χ2v) is 7.11. The third-order valence-electron chi connectivity index (χ3n) is 5.49. The molecular formula is C23H27N3O5. The lowest BCUT2D eigenvalue weighted by Gasteiger charge is -2.30. The highest BCUT2D eigenvalue weighted by molar-refractivity contribution is 5.93. The summed E-state index contributed by atoms with van der Waals surface area (Å²) in [5.74, 6) is 0.177. The van der Waals surface area contributed by atoms with Gasteiger partial charge >= 0.3 is 11.7 Å². The fraction of sp³-hybridized carbons (Fsp3) is 0.348. The van der Waals surface area contributed by atoms with E-state index in [0.29, 0.717) is 16.7 Å². The maximum atomic E-state index is 13.2. The van der Waals surface area contributed by atoms with E-state index in [1.807, 2.05) is 38.1 Å². The fourth-order valence-electron chi connectivity index (χ4n) is 3.78. The zero-order valence-corrected chi connectivity index (χ0v) is 18.2. The number of rotatable bonds is 8. The molecule has 1 N–H and O–H groups in total. The molecule has 0 spiro atoms. The van der Waals surface area contributed by atoms with E-state index in [1.54, 1.807) is 7.11 Å². The van der Waals surface area contributed by atoms with Crippen LogP contribution in [0.15, 0.2) is 52.1 Å². The summed E-state index contributed by atoms with van der Waals surface area (Å²) in [5.41, 5.74) is 0.584. The average molecular weight is 425 g/mol. The molecule has 0 aliphatic carbocycles. The maximum absolute atomic E-state index is 13.2. The van der Waals surface area contributed by atoms with Crippen LogP contribution in [0.1, 0.15) is 35.8 Å². The number of H-pyrrole nitrogens is 1. The number of nitrogens with one attached hydrogen (secondary N) is 1. The molecule has 0 radical (unpaired) electrons. The van der Waals surface area contributed by atoms with Crippen LogP contribution in [-0.4, -0.2) is 47.7 Å². The third kappa shape index (κ3) is 4.54. The van der Waals surface area contributed by atoms with Gasteiger partial charge in [0, 0.05) is 0 Å². The van der Waals surface area contributed by atoms with Crippen molar-refractivity contribution in [3.05, 3.63) is 74.4 Å². The van der Waals surface area contributed by atoms with Crippen molar-refractivity contribution in [2.45, 2.75) is 26.4 Å². The highest BCUT2D eigenvalue weighted by Crippen LogP contribution is 2.25. The number of aromatic nitrogens is 2. The quantitative estimate of drug-likeness (QED) is 0.558. The minimum atomic E-state index is -0.536. The Bertz CT molecular complexity index is 1190. The SMILES string of the molecule is CCN(CC)[C@@H](Cn1c(=O)[nH]c2cc(C(=O)OC)ccc2c1=O)c1cccc(OC)c1. The van der Waals surface area contributed by atoms with E-state index in [1.165, 1.54) is 29.9 Å². The number of fused-ring (bicyclic) bond motifs is 1. The van der Waals surface area contributed by atoms with Crippen LogP contribution < -0.4 is 16.0 Å². The molecule has 0 bridgehead atoms. The minimum Gasteiger partial charge on any atom is -0.497 e. The van der Waals surface area contributed by atoms with Crippen molar-refractivity contribution in [3.8, 4) is 5.75 Å². The first-order valence-electron chi connectivity index (χ1n) is 10.2. The first-order chi connectivity index (χ1) is 14.9. The number of nitrogens with zero attached hydrogens (tertiary/aromatic N) is 2. The van der Waals surface area contributed by atoms with Crippen molar-refractivity contribution in [3.63, 3.8) is 0 Å². The van der Waals surface area contributed by atoms with Crippen molar-refractivity contribution in [1.29, 1.82) is 0 Å². The number of carbonyl (C=O) groups excluding carboxylic acids is 1. The molecule has 1 aromatic heterocycles. The Morgan fingerprint density at radius 3 is 2.48 bits per heavy atom. The van der Waals surface area contributed by atoms with Crippen LogP contribution in [0.4, 0.5) is 0 Å². The van der Waals surface area contributed by atoms with Gasteiger partial charge in [0.25, 0.3) is 5.56 Å². The molecule has 0 aliphatic rings. The summed E-state index contributed by atoms with van der Waals surface area (Å²) in [6.45, 7) is 5.76. The standard InChI is InChI=1S/C23H27N3O5/c1-5-25(6-2)20(15-8-7-9-17(12-15)30-3)14-26-21(27)18-11-10-16(22(28)31-4)13-19(18)24-23(26)29/h7-13,20H,5-6,14H2,1-4H3,(H,24,29)/t20-/m0/s1. The van der Waals surface area contributed by atoms with E-state index >= 15 is 0 Å². The number of ether oxygens (including phenoxy) is 2. The minimum absolute atomic E-state index is 0.178. The maximum Gasteiger partial charge on any atom is 0.337 e. The monoisotopic (exact) mass is 425 g/mol. The Hall–Kier alpha value is -3.39. The molecule has 0 amide bonds. The molecule has 8 heteroatoms. The van der Waals surface area contributed by atoms with Gasteiger partial charge in [-0.15, -0.1) is 0 Å². The Morgan fingerprint density at radius 1 is 1.10 bits per heavy atom. The van der Waals surface area contributed by atoms with Crippen LogP contribution in [0.25, 0.3) is 10.9 Å². The number of benzene rings is 2. The first kappa shape index (κ1) is 22.3. The van der Waals surface area contributed by atoms with Crippen LogP contribution >= 0.6 is 0 Å². The molecule has 0 fully saturated rings.